The lowest BCUT2D eigenvalue weighted by atomic mass is 9.93. The van der Waals surface area contributed by atoms with Crippen LogP contribution in [0, 0.1) is 5.92 Å². The molecule has 2 aliphatic rings. The Hall–Kier alpha value is -1.92. The van der Waals surface area contributed by atoms with Gasteiger partial charge in [-0.3, -0.25) is 9.59 Å². The van der Waals surface area contributed by atoms with E-state index in [1.807, 2.05) is 30.3 Å². The van der Waals surface area contributed by atoms with Gasteiger partial charge in [-0.2, -0.15) is 0 Å². The average Bonchev–Trinajstić information content (AvgIpc) is 3.35. The maximum Gasteiger partial charge on any atom is 0.226 e. The zero-order valence-corrected chi connectivity index (χ0v) is 17.1. The van der Waals surface area contributed by atoms with Crippen LogP contribution in [0.4, 0.5) is 0 Å². The Morgan fingerprint density at radius 2 is 1.96 bits per heavy atom. The van der Waals surface area contributed by atoms with Crippen molar-refractivity contribution in [1.82, 2.24) is 15.1 Å². The Morgan fingerprint density at radius 1 is 1.25 bits per heavy atom. The van der Waals surface area contributed by atoms with Crippen molar-refractivity contribution in [2.75, 3.05) is 40.4 Å². The first kappa shape index (κ1) is 20.8. The minimum Gasteiger partial charge on any atom is -0.383 e. The van der Waals surface area contributed by atoms with E-state index in [-0.39, 0.29) is 30.2 Å². The van der Waals surface area contributed by atoms with Crippen LogP contribution in [-0.2, 0) is 14.3 Å². The van der Waals surface area contributed by atoms with Crippen molar-refractivity contribution in [3.8, 4) is 0 Å². The Balaban J connectivity index is 1.62. The van der Waals surface area contributed by atoms with Crippen molar-refractivity contribution in [1.29, 1.82) is 0 Å². The molecule has 1 aliphatic heterocycles. The molecule has 2 amide bonds. The fraction of sp³-hybridized carbons (Fsp3) is 0.636. The Labute approximate surface area is 168 Å². The van der Waals surface area contributed by atoms with Gasteiger partial charge in [0, 0.05) is 39.2 Å². The van der Waals surface area contributed by atoms with E-state index in [1.54, 1.807) is 12.0 Å². The number of carbonyl (C=O) groups is 2. The molecule has 1 saturated heterocycles. The van der Waals surface area contributed by atoms with Gasteiger partial charge in [0.15, 0.2) is 0 Å². The largest absolute Gasteiger partial charge is 0.383 e. The third kappa shape index (κ3) is 4.92. The van der Waals surface area contributed by atoms with Gasteiger partial charge in [-0.05, 0) is 25.5 Å². The monoisotopic (exact) mass is 387 g/mol. The summed E-state index contributed by atoms with van der Waals surface area (Å²) in [6.45, 7) is 2.44. The van der Waals surface area contributed by atoms with E-state index in [0.717, 1.165) is 12.1 Å². The van der Waals surface area contributed by atoms with Gasteiger partial charge >= 0.3 is 0 Å². The lowest BCUT2D eigenvalue weighted by molar-refractivity contribution is -0.129. The van der Waals surface area contributed by atoms with Crippen molar-refractivity contribution in [3.63, 3.8) is 0 Å². The molecule has 6 heteroatoms. The second kappa shape index (κ2) is 10.0. The average molecular weight is 388 g/mol. The van der Waals surface area contributed by atoms with E-state index >= 15 is 0 Å². The van der Waals surface area contributed by atoms with Gasteiger partial charge in [0.1, 0.15) is 0 Å². The second-order valence-electron chi connectivity index (χ2n) is 7.96. The molecule has 3 rings (SSSR count). The van der Waals surface area contributed by atoms with Gasteiger partial charge in [-0.15, -0.1) is 0 Å². The fourth-order valence-corrected chi connectivity index (χ4v) is 4.56. The number of hydrogen-bond donors (Lipinski definition) is 1. The molecule has 6 nitrogen and oxygen atoms in total. The van der Waals surface area contributed by atoms with Crippen LogP contribution < -0.4 is 5.32 Å². The first-order valence-electron chi connectivity index (χ1n) is 10.4. The lowest BCUT2D eigenvalue weighted by Gasteiger charge is -2.28. The van der Waals surface area contributed by atoms with Crippen LogP contribution in [0.3, 0.4) is 0 Å². The number of nitrogens with one attached hydrogen (secondary N) is 1. The van der Waals surface area contributed by atoms with Crippen molar-refractivity contribution in [2.45, 2.75) is 44.2 Å². The summed E-state index contributed by atoms with van der Waals surface area (Å²) in [6, 6.07) is 10.3. The molecule has 0 spiro atoms. The summed E-state index contributed by atoms with van der Waals surface area (Å²) >= 11 is 0. The van der Waals surface area contributed by atoms with Crippen LogP contribution >= 0.6 is 0 Å². The summed E-state index contributed by atoms with van der Waals surface area (Å²) in [5.41, 5.74) is 1.01. The maximum absolute atomic E-state index is 13.0. The van der Waals surface area contributed by atoms with Crippen molar-refractivity contribution in [2.24, 2.45) is 5.92 Å². The molecular weight excluding hydrogens is 354 g/mol. The highest BCUT2D eigenvalue weighted by Gasteiger charge is 2.44. The molecule has 0 radical (unpaired) electrons. The van der Waals surface area contributed by atoms with Crippen molar-refractivity contribution < 1.29 is 14.3 Å². The molecule has 1 aromatic carbocycles. The van der Waals surface area contributed by atoms with E-state index in [9.17, 15) is 9.59 Å². The molecule has 1 heterocycles. The van der Waals surface area contributed by atoms with Gasteiger partial charge in [0.2, 0.25) is 11.8 Å². The fourth-order valence-electron chi connectivity index (χ4n) is 4.56. The number of amides is 2. The third-order valence-corrected chi connectivity index (χ3v) is 6.16. The number of rotatable bonds is 9. The lowest BCUT2D eigenvalue weighted by Crippen LogP contribution is -2.41. The standard InChI is InChI=1S/C22H33N3O3/c1-24(18-10-6-7-11-18)13-12-23-22(27)19-16-20(26)25(14-15-28-2)21(19)17-8-4-3-5-9-17/h3-5,8-9,18-19,21H,6-7,10-16H2,1-2H3,(H,23,27)/t19-,21+/m1/s1. The van der Waals surface area contributed by atoms with Crippen LogP contribution in [0.2, 0.25) is 0 Å². The number of carbonyl (C=O) groups excluding carboxylic acids is 2. The number of benzene rings is 1. The summed E-state index contributed by atoms with van der Waals surface area (Å²) in [5.74, 6) is -0.361. The van der Waals surface area contributed by atoms with Gasteiger partial charge < -0.3 is 19.9 Å². The van der Waals surface area contributed by atoms with E-state index in [4.69, 9.17) is 4.74 Å². The molecular formula is C22H33N3O3. The van der Waals surface area contributed by atoms with Gasteiger partial charge in [0.25, 0.3) is 0 Å². The molecule has 0 aromatic heterocycles. The minimum absolute atomic E-state index is 0.0223. The Kier molecular flexibility index (Phi) is 7.45. The quantitative estimate of drug-likeness (QED) is 0.706. The first-order valence-corrected chi connectivity index (χ1v) is 10.4. The van der Waals surface area contributed by atoms with Crippen LogP contribution in [0.5, 0.6) is 0 Å². The number of methoxy groups -OCH3 is 1. The Morgan fingerprint density at radius 3 is 2.64 bits per heavy atom. The number of hydrogen-bond acceptors (Lipinski definition) is 4. The minimum atomic E-state index is -0.358. The van der Waals surface area contributed by atoms with E-state index in [1.165, 1.54) is 25.7 Å². The van der Waals surface area contributed by atoms with Crippen molar-refractivity contribution >= 4 is 11.8 Å². The first-order chi connectivity index (χ1) is 13.6. The summed E-state index contributed by atoms with van der Waals surface area (Å²) in [7, 11) is 3.77. The van der Waals surface area contributed by atoms with E-state index < -0.39 is 0 Å². The molecule has 1 aromatic rings. The predicted molar refractivity (Wildman–Crippen MR) is 109 cm³/mol. The molecule has 0 unspecified atom stereocenters. The number of likely N-dealkylation sites (tertiary alicyclic amines) is 1. The van der Waals surface area contributed by atoms with E-state index in [0.29, 0.717) is 25.7 Å². The molecule has 1 N–H and O–H groups in total. The highest BCUT2D eigenvalue weighted by atomic mass is 16.5. The van der Waals surface area contributed by atoms with Gasteiger partial charge in [-0.1, -0.05) is 43.2 Å². The molecule has 1 aliphatic carbocycles. The van der Waals surface area contributed by atoms with Crippen LogP contribution in [-0.4, -0.2) is 68.1 Å². The molecule has 154 valence electrons. The molecule has 0 bridgehead atoms. The zero-order valence-electron chi connectivity index (χ0n) is 17.1. The number of likely N-dealkylation sites (N-methyl/N-ethyl adjacent to an activating group) is 1. The summed E-state index contributed by atoms with van der Waals surface area (Å²) in [6.07, 6.45) is 5.38. The molecule has 1 saturated carbocycles. The van der Waals surface area contributed by atoms with Gasteiger partial charge in [-0.25, -0.2) is 0 Å². The van der Waals surface area contributed by atoms with E-state index in [2.05, 4.69) is 17.3 Å². The Bertz CT molecular complexity index is 646. The zero-order chi connectivity index (χ0) is 19.9. The van der Waals surface area contributed by atoms with Crippen LogP contribution in [0.25, 0.3) is 0 Å². The highest BCUT2D eigenvalue weighted by molar-refractivity contribution is 5.90. The number of nitrogens with zero attached hydrogens (tertiary/aromatic N) is 2. The summed E-state index contributed by atoms with van der Waals surface area (Å²) in [4.78, 5) is 29.7. The highest BCUT2D eigenvalue weighted by Crippen LogP contribution is 2.38. The molecule has 2 fully saturated rings. The van der Waals surface area contributed by atoms with Crippen LogP contribution in [0.1, 0.15) is 43.7 Å². The maximum atomic E-state index is 13.0. The number of ether oxygens (including phenoxy) is 1. The van der Waals surface area contributed by atoms with Gasteiger partial charge in [0.05, 0.1) is 18.6 Å². The van der Waals surface area contributed by atoms with Crippen LogP contribution in [0.15, 0.2) is 30.3 Å². The molecule has 28 heavy (non-hydrogen) atoms. The normalized spacial score (nSPS) is 23.0. The summed E-state index contributed by atoms with van der Waals surface area (Å²) in [5, 5.41) is 3.09. The topological polar surface area (TPSA) is 61.9 Å². The van der Waals surface area contributed by atoms with Crippen molar-refractivity contribution in [3.05, 3.63) is 35.9 Å². The second-order valence-corrected chi connectivity index (χ2v) is 7.96. The predicted octanol–water partition coefficient (Wildman–Crippen LogP) is 2.21. The SMILES string of the molecule is COCCN1C(=O)C[C@@H](C(=O)NCCN(C)C2CCCC2)[C@@H]1c1ccccc1. The molecule has 2 atom stereocenters. The summed E-state index contributed by atoms with van der Waals surface area (Å²) < 4.78 is 5.17. The third-order valence-electron chi connectivity index (χ3n) is 6.16. The smallest absolute Gasteiger partial charge is 0.226 e.